The number of hydrogen-bond donors (Lipinski definition) is 2. The number of carbonyl (C=O) groups excluding carboxylic acids is 1. The maximum Gasteiger partial charge on any atom is 0.156 e. The molecule has 4 nitrogen and oxygen atoms in total. The standard InChI is InChI=1S/C20H27NO3/c1-18-7-5-13(22)9-12(18)3-4-14-15-6-8-20(24,11-21)19(15,2)10-16(23)17(14)18/h9,14-17,23-24H,3-8,10H2,1-2H3/t14-,15-,16+,17+,18+,19-,20-/m1/s1. The molecule has 3 fully saturated rings. The maximum absolute atomic E-state index is 11.9. The van der Waals surface area contributed by atoms with Gasteiger partial charge in [0.2, 0.25) is 0 Å². The lowest BCUT2D eigenvalue weighted by Crippen LogP contribution is -2.59. The summed E-state index contributed by atoms with van der Waals surface area (Å²) in [5.74, 6) is 0.975. The highest BCUT2D eigenvalue weighted by molar-refractivity contribution is 5.91. The van der Waals surface area contributed by atoms with Gasteiger partial charge in [-0.15, -0.1) is 0 Å². The second-order valence-corrected chi connectivity index (χ2v) is 9.09. The molecule has 0 heterocycles. The molecule has 4 heteroatoms. The smallest absolute Gasteiger partial charge is 0.156 e. The maximum atomic E-state index is 11.9. The van der Waals surface area contributed by atoms with Gasteiger partial charge in [0.25, 0.3) is 0 Å². The zero-order chi connectivity index (χ0) is 17.3. The Kier molecular flexibility index (Phi) is 3.34. The molecule has 0 aromatic heterocycles. The number of aliphatic hydroxyl groups excluding tert-OH is 1. The Balaban J connectivity index is 1.76. The molecule has 3 saturated carbocycles. The van der Waals surface area contributed by atoms with Crippen LogP contribution in [-0.2, 0) is 4.79 Å². The number of rotatable bonds is 0. The molecule has 4 rings (SSSR count). The molecule has 0 aromatic rings. The number of ketones is 1. The van der Waals surface area contributed by atoms with E-state index < -0.39 is 17.1 Å². The van der Waals surface area contributed by atoms with Gasteiger partial charge in [0.05, 0.1) is 12.2 Å². The molecule has 0 saturated heterocycles. The van der Waals surface area contributed by atoms with Crippen molar-refractivity contribution >= 4 is 5.78 Å². The number of allylic oxidation sites excluding steroid dienone is 1. The van der Waals surface area contributed by atoms with Gasteiger partial charge in [-0.3, -0.25) is 4.79 Å². The Morgan fingerprint density at radius 1 is 1.25 bits per heavy atom. The minimum atomic E-state index is -1.32. The van der Waals surface area contributed by atoms with Crippen molar-refractivity contribution in [3.63, 3.8) is 0 Å². The van der Waals surface area contributed by atoms with Crippen molar-refractivity contribution in [2.75, 3.05) is 0 Å². The van der Waals surface area contributed by atoms with E-state index in [0.717, 1.165) is 25.7 Å². The number of carbonyl (C=O) groups is 1. The molecule has 0 aliphatic heterocycles. The van der Waals surface area contributed by atoms with Crippen molar-refractivity contribution in [3.05, 3.63) is 11.6 Å². The summed E-state index contributed by atoms with van der Waals surface area (Å²) in [6, 6.07) is 2.16. The van der Waals surface area contributed by atoms with Crippen LogP contribution in [0, 0.1) is 39.9 Å². The van der Waals surface area contributed by atoms with Gasteiger partial charge in [-0.1, -0.05) is 19.4 Å². The van der Waals surface area contributed by atoms with Gasteiger partial charge < -0.3 is 10.2 Å². The first kappa shape index (κ1) is 16.3. The van der Waals surface area contributed by atoms with Crippen LogP contribution in [0.3, 0.4) is 0 Å². The number of hydrogen-bond acceptors (Lipinski definition) is 4. The van der Waals surface area contributed by atoms with E-state index in [4.69, 9.17) is 0 Å². The zero-order valence-electron chi connectivity index (χ0n) is 14.6. The molecule has 0 amide bonds. The average Bonchev–Trinajstić information content (AvgIpc) is 2.79. The van der Waals surface area contributed by atoms with E-state index in [1.807, 2.05) is 13.0 Å². The van der Waals surface area contributed by atoms with E-state index in [9.17, 15) is 20.3 Å². The first-order valence-electron chi connectivity index (χ1n) is 9.31. The Bertz CT molecular complexity index is 664. The third-order valence-electron chi connectivity index (χ3n) is 8.23. The van der Waals surface area contributed by atoms with Crippen LogP contribution in [0.4, 0.5) is 0 Å². The van der Waals surface area contributed by atoms with Gasteiger partial charge in [-0.25, -0.2) is 0 Å². The second kappa shape index (κ2) is 4.93. The monoisotopic (exact) mass is 329 g/mol. The molecular formula is C20H27NO3. The van der Waals surface area contributed by atoms with Crippen LogP contribution in [0.25, 0.3) is 0 Å². The van der Waals surface area contributed by atoms with Gasteiger partial charge in [0.15, 0.2) is 11.4 Å². The fraction of sp³-hybridized carbons (Fsp3) is 0.800. The van der Waals surface area contributed by atoms with Gasteiger partial charge in [-0.2, -0.15) is 5.26 Å². The molecular weight excluding hydrogens is 302 g/mol. The van der Waals surface area contributed by atoms with Crippen LogP contribution in [0.2, 0.25) is 0 Å². The first-order chi connectivity index (χ1) is 11.2. The van der Waals surface area contributed by atoms with Gasteiger partial charge in [0.1, 0.15) is 0 Å². The van der Waals surface area contributed by atoms with Crippen LogP contribution in [-0.4, -0.2) is 27.7 Å². The Morgan fingerprint density at radius 3 is 2.71 bits per heavy atom. The van der Waals surface area contributed by atoms with Crippen molar-refractivity contribution < 1.29 is 15.0 Å². The topological polar surface area (TPSA) is 81.3 Å². The molecule has 0 spiro atoms. The largest absolute Gasteiger partial charge is 0.393 e. The van der Waals surface area contributed by atoms with E-state index in [-0.39, 0.29) is 23.0 Å². The highest BCUT2D eigenvalue weighted by Gasteiger charge is 2.66. The Hall–Kier alpha value is -1.18. The average molecular weight is 329 g/mol. The summed E-state index contributed by atoms with van der Waals surface area (Å²) >= 11 is 0. The summed E-state index contributed by atoms with van der Waals surface area (Å²) in [7, 11) is 0. The molecule has 24 heavy (non-hydrogen) atoms. The first-order valence-corrected chi connectivity index (χ1v) is 9.31. The van der Waals surface area contributed by atoms with Crippen molar-refractivity contribution in [2.24, 2.45) is 28.6 Å². The summed E-state index contributed by atoms with van der Waals surface area (Å²) in [6.45, 7) is 4.23. The number of aliphatic hydroxyl groups is 2. The Labute approximate surface area is 143 Å². The van der Waals surface area contributed by atoms with Gasteiger partial charge in [-0.05, 0) is 67.8 Å². The predicted molar refractivity (Wildman–Crippen MR) is 88.7 cm³/mol. The van der Waals surface area contributed by atoms with E-state index in [1.165, 1.54) is 5.57 Å². The minimum absolute atomic E-state index is 0.106. The van der Waals surface area contributed by atoms with Crippen molar-refractivity contribution in [1.82, 2.24) is 0 Å². The second-order valence-electron chi connectivity index (χ2n) is 9.09. The highest BCUT2D eigenvalue weighted by Crippen LogP contribution is 2.67. The lowest BCUT2D eigenvalue weighted by atomic mass is 9.45. The van der Waals surface area contributed by atoms with E-state index in [1.54, 1.807) is 0 Å². The van der Waals surface area contributed by atoms with Crippen LogP contribution >= 0.6 is 0 Å². The molecule has 4 aliphatic rings. The fourth-order valence-corrected chi connectivity index (χ4v) is 6.88. The third kappa shape index (κ3) is 1.83. The summed E-state index contributed by atoms with van der Waals surface area (Å²) in [5.41, 5.74) is -0.727. The van der Waals surface area contributed by atoms with Crippen LogP contribution in [0.5, 0.6) is 0 Å². The highest BCUT2D eigenvalue weighted by atomic mass is 16.3. The zero-order valence-corrected chi connectivity index (χ0v) is 14.6. The number of nitrogens with zero attached hydrogens (tertiary/aromatic N) is 1. The molecule has 0 unspecified atom stereocenters. The minimum Gasteiger partial charge on any atom is -0.393 e. The molecule has 0 bridgehead atoms. The Morgan fingerprint density at radius 2 is 2.00 bits per heavy atom. The van der Waals surface area contributed by atoms with Crippen molar-refractivity contribution in [3.8, 4) is 6.07 Å². The van der Waals surface area contributed by atoms with E-state index in [0.29, 0.717) is 25.2 Å². The molecule has 0 aromatic carbocycles. The lowest BCUT2D eigenvalue weighted by Gasteiger charge is -2.60. The number of nitriles is 1. The normalized spacial score (nSPS) is 53.5. The lowest BCUT2D eigenvalue weighted by molar-refractivity contribution is -0.156. The van der Waals surface area contributed by atoms with Crippen molar-refractivity contribution in [1.29, 1.82) is 5.26 Å². The van der Waals surface area contributed by atoms with E-state index >= 15 is 0 Å². The molecule has 2 N–H and O–H groups in total. The van der Waals surface area contributed by atoms with E-state index in [2.05, 4.69) is 13.0 Å². The van der Waals surface area contributed by atoms with Crippen LogP contribution < -0.4 is 0 Å². The fourth-order valence-electron chi connectivity index (χ4n) is 6.88. The van der Waals surface area contributed by atoms with Crippen molar-refractivity contribution in [2.45, 2.75) is 70.5 Å². The molecule has 0 radical (unpaired) electrons. The summed E-state index contributed by atoms with van der Waals surface area (Å²) < 4.78 is 0. The third-order valence-corrected chi connectivity index (χ3v) is 8.23. The summed E-state index contributed by atoms with van der Waals surface area (Å²) in [4.78, 5) is 11.9. The van der Waals surface area contributed by atoms with Crippen LogP contribution in [0.1, 0.15) is 58.8 Å². The summed E-state index contributed by atoms with van der Waals surface area (Å²) in [6.07, 6.45) is 6.44. The van der Waals surface area contributed by atoms with Gasteiger partial charge in [0, 0.05) is 11.8 Å². The molecule has 4 aliphatic carbocycles. The molecule has 130 valence electrons. The molecule has 7 atom stereocenters. The van der Waals surface area contributed by atoms with Crippen LogP contribution in [0.15, 0.2) is 11.6 Å². The number of fused-ring (bicyclic) bond motifs is 5. The quantitative estimate of drug-likeness (QED) is 0.670. The summed E-state index contributed by atoms with van der Waals surface area (Å²) in [5, 5.41) is 31.5. The predicted octanol–water partition coefficient (Wildman–Crippen LogP) is 2.74. The SMILES string of the molecule is C[C@]12CCC(=O)C=C1CC[C@H]1[C@H]2[C@@H](O)C[C@]2(C)[C@@H]1CC[C@@]2(O)C#N. The van der Waals surface area contributed by atoms with Gasteiger partial charge >= 0.3 is 0 Å².